The number of hydrogen-bond acceptors (Lipinski definition) is 3. The Bertz CT molecular complexity index is 460. The summed E-state index contributed by atoms with van der Waals surface area (Å²) in [5.74, 6) is 0. The van der Waals surface area contributed by atoms with Gasteiger partial charge in [-0.3, -0.25) is 0 Å². The van der Waals surface area contributed by atoms with Crippen LogP contribution in [0.1, 0.15) is 32.3 Å². The zero-order valence-corrected chi connectivity index (χ0v) is 13.3. The minimum absolute atomic E-state index is 0.0391. The Labute approximate surface area is 128 Å². The Kier molecular flexibility index (Phi) is 4.34. The van der Waals surface area contributed by atoms with Gasteiger partial charge in [0.25, 0.3) is 0 Å². The molecule has 1 aromatic carbocycles. The highest BCUT2D eigenvalue weighted by Crippen LogP contribution is 2.40. The summed E-state index contributed by atoms with van der Waals surface area (Å²) >= 11 is 0. The monoisotopic (exact) mass is 288 g/mol. The number of aliphatic hydroxyl groups is 1. The number of nitrogens with zero attached hydrogens (tertiary/aromatic N) is 1. The molecule has 3 atom stereocenters. The summed E-state index contributed by atoms with van der Waals surface area (Å²) in [5.41, 5.74) is 1.47. The Hall–Kier alpha value is -0.900. The van der Waals surface area contributed by atoms with Gasteiger partial charge in [0.05, 0.1) is 6.10 Å². The third kappa shape index (κ3) is 3.31. The molecule has 1 saturated heterocycles. The fourth-order valence-electron chi connectivity index (χ4n) is 3.57. The van der Waals surface area contributed by atoms with E-state index >= 15 is 0 Å². The van der Waals surface area contributed by atoms with Gasteiger partial charge in [0, 0.05) is 30.6 Å². The lowest BCUT2D eigenvalue weighted by Crippen LogP contribution is -2.62. The van der Waals surface area contributed by atoms with Gasteiger partial charge in [0.2, 0.25) is 0 Å². The van der Waals surface area contributed by atoms with E-state index in [1.165, 1.54) is 18.5 Å². The van der Waals surface area contributed by atoms with Gasteiger partial charge in [-0.05, 0) is 31.4 Å². The zero-order valence-electron chi connectivity index (χ0n) is 13.3. The molecule has 1 aromatic rings. The van der Waals surface area contributed by atoms with Gasteiger partial charge in [-0.2, -0.15) is 0 Å². The van der Waals surface area contributed by atoms with Crippen LogP contribution in [0.4, 0.5) is 0 Å². The van der Waals surface area contributed by atoms with E-state index in [0.717, 1.165) is 25.9 Å². The maximum atomic E-state index is 9.83. The summed E-state index contributed by atoms with van der Waals surface area (Å²) < 4.78 is 0. The highest BCUT2D eigenvalue weighted by atomic mass is 16.3. The molecule has 116 valence electrons. The molecular weight excluding hydrogens is 260 g/mol. The summed E-state index contributed by atoms with van der Waals surface area (Å²) in [6.45, 7) is 7.83. The fourth-order valence-corrected chi connectivity index (χ4v) is 3.57. The molecule has 1 saturated carbocycles. The maximum absolute atomic E-state index is 9.83. The van der Waals surface area contributed by atoms with Crippen molar-refractivity contribution in [2.75, 3.05) is 19.6 Å². The van der Waals surface area contributed by atoms with Crippen LogP contribution in [0.3, 0.4) is 0 Å². The lowest BCUT2D eigenvalue weighted by atomic mass is 9.64. The first-order chi connectivity index (χ1) is 10.1. The first-order valence-corrected chi connectivity index (χ1v) is 8.26. The Morgan fingerprint density at radius 1 is 1.29 bits per heavy atom. The van der Waals surface area contributed by atoms with Crippen molar-refractivity contribution >= 4 is 0 Å². The average Bonchev–Trinajstić information content (AvgIpc) is 2.94. The summed E-state index contributed by atoms with van der Waals surface area (Å²) in [6.07, 6.45) is 3.15. The fraction of sp³-hybridized carbons (Fsp3) is 0.667. The van der Waals surface area contributed by atoms with Gasteiger partial charge < -0.3 is 15.3 Å². The SMILES string of the molecule is CC1(C)C(O)CC1NC1CCN(CCc2ccccc2)C1. The van der Waals surface area contributed by atoms with E-state index < -0.39 is 0 Å². The molecule has 0 aromatic heterocycles. The lowest BCUT2D eigenvalue weighted by molar-refractivity contribution is -0.0755. The van der Waals surface area contributed by atoms with Gasteiger partial charge >= 0.3 is 0 Å². The van der Waals surface area contributed by atoms with Crippen molar-refractivity contribution in [3.05, 3.63) is 35.9 Å². The van der Waals surface area contributed by atoms with Gasteiger partial charge in [-0.25, -0.2) is 0 Å². The van der Waals surface area contributed by atoms with E-state index in [1.54, 1.807) is 0 Å². The van der Waals surface area contributed by atoms with Crippen molar-refractivity contribution in [3.8, 4) is 0 Å². The molecule has 0 bridgehead atoms. The van der Waals surface area contributed by atoms with Gasteiger partial charge in [0.15, 0.2) is 0 Å². The van der Waals surface area contributed by atoms with Crippen molar-refractivity contribution in [1.29, 1.82) is 0 Å². The largest absolute Gasteiger partial charge is 0.392 e. The van der Waals surface area contributed by atoms with E-state index in [1.807, 2.05) is 0 Å². The maximum Gasteiger partial charge on any atom is 0.0621 e. The minimum Gasteiger partial charge on any atom is -0.392 e. The van der Waals surface area contributed by atoms with E-state index in [4.69, 9.17) is 0 Å². The van der Waals surface area contributed by atoms with Crippen molar-refractivity contribution in [1.82, 2.24) is 10.2 Å². The second-order valence-electron chi connectivity index (χ2n) is 7.31. The molecule has 0 spiro atoms. The second-order valence-corrected chi connectivity index (χ2v) is 7.31. The minimum atomic E-state index is -0.134. The van der Waals surface area contributed by atoms with Crippen LogP contribution in [0.5, 0.6) is 0 Å². The van der Waals surface area contributed by atoms with Crippen LogP contribution in [0.2, 0.25) is 0 Å². The lowest BCUT2D eigenvalue weighted by Gasteiger charge is -2.50. The normalized spacial score (nSPS) is 32.0. The quantitative estimate of drug-likeness (QED) is 0.870. The smallest absolute Gasteiger partial charge is 0.0621 e. The summed E-state index contributed by atoms with van der Waals surface area (Å²) in [4.78, 5) is 2.56. The van der Waals surface area contributed by atoms with Crippen molar-refractivity contribution < 1.29 is 5.11 Å². The van der Waals surface area contributed by atoms with Gasteiger partial charge in [0.1, 0.15) is 0 Å². The highest BCUT2D eigenvalue weighted by Gasteiger charge is 2.48. The van der Waals surface area contributed by atoms with Crippen molar-refractivity contribution in [2.45, 2.75) is 51.3 Å². The van der Waals surface area contributed by atoms with E-state index in [0.29, 0.717) is 12.1 Å². The van der Waals surface area contributed by atoms with E-state index in [9.17, 15) is 5.11 Å². The number of hydrogen-bond donors (Lipinski definition) is 2. The molecule has 3 unspecified atom stereocenters. The second kappa shape index (κ2) is 6.07. The molecule has 2 N–H and O–H groups in total. The molecule has 2 aliphatic rings. The molecular formula is C18H28N2O. The molecule has 0 radical (unpaired) electrons. The standard InChI is InChI=1S/C18H28N2O/c1-18(2)16(12-17(18)21)19-15-9-11-20(13-15)10-8-14-6-4-3-5-7-14/h3-7,15-17,19,21H,8-13H2,1-2H3. The number of likely N-dealkylation sites (tertiary alicyclic amines) is 1. The molecule has 1 heterocycles. The van der Waals surface area contributed by atoms with Crippen LogP contribution < -0.4 is 5.32 Å². The molecule has 21 heavy (non-hydrogen) atoms. The Morgan fingerprint density at radius 3 is 2.71 bits per heavy atom. The molecule has 2 fully saturated rings. The Morgan fingerprint density at radius 2 is 2.05 bits per heavy atom. The van der Waals surface area contributed by atoms with Crippen LogP contribution in [-0.4, -0.2) is 47.8 Å². The third-order valence-electron chi connectivity index (χ3n) is 5.48. The summed E-state index contributed by atoms with van der Waals surface area (Å²) in [5, 5.41) is 13.6. The molecule has 3 heteroatoms. The average molecular weight is 288 g/mol. The molecule has 0 amide bonds. The molecule has 1 aliphatic carbocycles. The number of rotatable bonds is 5. The Balaban J connectivity index is 1.42. The first-order valence-electron chi connectivity index (χ1n) is 8.26. The van der Waals surface area contributed by atoms with Crippen LogP contribution in [0, 0.1) is 5.41 Å². The van der Waals surface area contributed by atoms with Crippen molar-refractivity contribution in [2.24, 2.45) is 5.41 Å². The van der Waals surface area contributed by atoms with Crippen LogP contribution in [0.15, 0.2) is 30.3 Å². The van der Waals surface area contributed by atoms with Crippen molar-refractivity contribution in [3.63, 3.8) is 0 Å². The predicted molar refractivity (Wildman–Crippen MR) is 86.3 cm³/mol. The third-order valence-corrected chi connectivity index (χ3v) is 5.48. The topological polar surface area (TPSA) is 35.5 Å². The number of aliphatic hydroxyl groups excluding tert-OH is 1. The molecule has 3 rings (SSSR count). The summed E-state index contributed by atoms with van der Waals surface area (Å²) in [6, 6.07) is 11.8. The zero-order chi connectivity index (χ0) is 14.9. The first kappa shape index (κ1) is 15.0. The van der Waals surface area contributed by atoms with Crippen LogP contribution in [0.25, 0.3) is 0 Å². The van der Waals surface area contributed by atoms with Gasteiger partial charge in [-0.1, -0.05) is 44.2 Å². The highest BCUT2D eigenvalue weighted by molar-refractivity contribution is 5.15. The van der Waals surface area contributed by atoms with E-state index in [-0.39, 0.29) is 11.5 Å². The van der Waals surface area contributed by atoms with E-state index in [2.05, 4.69) is 54.4 Å². The van der Waals surface area contributed by atoms with Crippen LogP contribution >= 0.6 is 0 Å². The van der Waals surface area contributed by atoms with Crippen LogP contribution in [-0.2, 0) is 6.42 Å². The number of nitrogens with one attached hydrogen (secondary N) is 1. The molecule has 3 nitrogen and oxygen atoms in total. The van der Waals surface area contributed by atoms with Gasteiger partial charge in [-0.15, -0.1) is 0 Å². The predicted octanol–water partition coefficient (Wildman–Crippen LogP) is 2.05. The number of benzene rings is 1. The molecule has 1 aliphatic heterocycles. The summed E-state index contributed by atoms with van der Waals surface area (Å²) in [7, 11) is 0.